The van der Waals surface area contributed by atoms with Gasteiger partial charge in [0.1, 0.15) is 4.64 Å². The average Bonchev–Trinajstić information content (AvgIpc) is 2.38. The van der Waals surface area contributed by atoms with Crippen molar-refractivity contribution >= 4 is 18.1 Å². The summed E-state index contributed by atoms with van der Waals surface area (Å²) in [6, 6.07) is 2.74. The van der Waals surface area contributed by atoms with E-state index in [-0.39, 0.29) is 23.0 Å². The third-order valence-electron chi connectivity index (χ3n) is 3.54. The highest BCUT2D eigenvalue weighted by Crippen LogP contribution is 2.37. The van der Waals surface area contributed by atoms with Crippen LogP contribution >= 0.6 is 12.2 Å². The Labute approximate surface area is 119 Å². The fraction of sp³-hybridized carbons (Fsp3) is 0.538. The predicted molar refractivity (Wildman–Crippen MR) is 70.9 cm³/mol. The molecule has 1 heterocycles. The van der Waals surface area contributed by atoms with Crippen LogP contribution in [-0.4, -0.2) is 23.1 Å². The quantitative estimate of drug-likeness (QED) is 0.820. The van der Waals surface area contributed by atoms with E-state index in [4.69, 9.17) is 12.2 Å². The second-order valence-corrected chi connectivity index (χ2v) is 5.40. The molecule has 1 amide bonds. The zero-order valence-corrected chi connectivity index (χ0v) is 11.5. The van der Waals surface area contributed by atoms with E-state index in [1.54, 1.807) is 18.3 Å². The molecule has 2 atom stereocenters. The Bertz CT molecular complexity index is 541. The van der Waals surface area contributed by atoms with Crippen molar-refractivity contribution in [1.82, 2.24) is 10.3 Å². The van der Waals surface area contributed by atoms with E-state index in [9.17, 15) is 18.0 Å². The Morgan fingerprint density at radius 3 is 2.80 bits per heavy atom. The van der Waals surface area contributed by atoms with Gasteiger partial charge in [-0.25, -0.2) is 0 Å². The summed E-state index contributed by atoms with van der Waals surface area (Å²) in [7, 11) is 0. The third-order valence-corrected chi connectivity index (χ3v) is 3.87. The number of aromatic amines is 1. The number of aromatic nitrogens is 1. The molecule has 0 radical (unpaired) electrons. The molecule has 0 aliphatic heterocycles. The zero-order chi connectivity index (χ0) is 14.8. The van der Waals surface area contributed by atoms with Crippen LogP contribution in [0.15, 0.2) is 18.3 Å². The van der Waals surface area contributed by atoms with E-state index in [1.165, 1.54) is 0 Å². The van der Waals surface area contributed by atoms with Crippen molar-refractivity contribution in [3.8, 4) is 0 Å². The minimum Gasteiger partial charge on any atom is -0.352 e. The summed E-state index contributed by atoms with van der Waals surface area (Å²) in [5, 5.41) is 2.65. The second kappa shape index (κ2) is 5.95. The maximum Gasteiger partial charge on any atom is 0.391 e. The van der Waals surface area contributed by atoms with E-state index >= 15 is 0 Å². The maximum absolute atomic E-state index is 12.7. The lowest BCUT2D eigenvalue weighted by molar-refractivity contribution is -0.183. The van der Waals surface area contributed by atoms with Crippen LogP contribution in [0.25, 0.3) is 0 Å². The van der Waals surface area contributed by atoms with Crippen LogP contribution in [0.3, 0.4) is 0 Å². The minimum absolute atomic E-state index is 0.0570. The zero-order valence-electron chi connectivity index (χ0n) is 10.7. The van der Waals surface area contributed by atoms with Crippen molar-refractivity contribution in [3.05, 3.63) is 28.5 Å². The first kappa shape index (κ1) is 15.0. The van der Waals surface area contributed by atoms with Crippen molar-refractivity contribution in [2.24, 2.45) is 5.92 Å². The fourth-order valence-corrected chi connectivity index (χ4v) is 2.71. The molecule has 1 aliphatic rings. The number of pyridine rings is 1. The molecule has 0 unspecified atom stereocenters. The van der Waals surface area contributed by atoms with Gasteiger partial charge in [0.25, 0.3) is 5.91 Å². The number of halogens is 3. The van der Waals surface area contributed by atoms with Gasteiger partial charge in [0, 0.05) is 12.2 Å². The van der Waals surface area contributed by atoms with Gasteiger partial charge in [-0.2, -0.15) is 13.2 Å². The molecule has 1 aromatic heterocycles. The smallest absolute Gasteiger partial charge is 0.352 e. The maximum atomic E-state index is 12.7. The number of H-pyrrole nitrogens is 1. The Morgan fingerprint density at radius 2 is 2.15 bits per heavy atom. The monoisotopic (exact) mass is 304 g/mol. The van der Waals surface area contributed by atoms with Crippen LogP contribution in [0.4, 0.5) is 13.2 Å². The van der Waals surface area contributed by atoms with E-state index in [0.717, 1.165) is 0 Å². The number of amides is 1. The fourth-order valence-electron chi connectivity index (χ4n) is 2.48. The van der Waals surface area contributed by atoms with E-state index in [0.29, 0.717) is 12.8 Å². The molecule has 0 saturated heterocycles. The van der Waals surface area contributed by atoms with Crippen LogP contribution in [-0.2, 0) is 0 Å². The molecule has 20 heavy (non-hydrogen) atoms. The minimum atomic E-state index is -4.19. The van der Waals surface area contributed by atoms with Crippen LogP contribution in [0.2, 0.25) is 0 Å². The van der Waals surface area contributed by atoms with Crippen LogP contribution in [0, 0.1) is 10.6 Å². The predicted octanol–water partition coefficient (Wildman–Crippen LogP) is 3.60. The molecular weight excluding hydrogens is 289 g/mol. The number of alkyl halides is 3. The Hall–Kier alpha value is -1.37. The molecule has 0 spiro atoms. The van der Waals surface area contributed by atoms with Crippen molar-refractivity contribution in [3.63, 3.8) is 0 Å². The summed E-state index contributed by atoms with van der Waals surface area (Å²) in [5.74, 6) is -1.74. The summed E-state index contributed by atoms with van der Waals surface area (Å²) in [6.07, 6.45) is -1.47. The van der Waals surface area contributed by atoms with Crippen LogP contribution < -0.4 is 5.32 Å². The van der Waals surface area contributed by atoms with Gasteiger partial charge in [-0.1, -0.05) is 18.6 Å². The molecule has 7 heteroatoms. The largest absolute Gasteiger partial charge is 0.391 e. The van der Waals surface area contributed by atoms with Gasteiger partial charge < -0.3 is 10.3 Å². The van der Waals surface area contributed by atoms with Gasteiger partial charge in [-0.3, -0.25) is 4.79 Å². The van der Waals surface area contributed by atoms with Gasteiger partial charge in [0.05, 0.1) is 11.5 Å². The Kier molecular flexibility index (Phi) is 4.47. The number of rotatable bonds is 2. The number of nitrogens with one attached hydrogen (secondary N) is 2. The Balaban J connectivity index is 2.02. The summed E-state index contributed by atoms with van der Waals surface area (Å²) >= 11 is 4.98. The average molecular weight is 304 g/mol. The molecule has 0 aromatic carbocycles. The first-order chi connectivity index (χ1) is 9.38. The second-order valence-electron chi connectivity index (χ2n) is 4.99. The molecule has 1 aromatic rings. The topological polar surface area (TPSA) is 44.9 Å². The SMILES string of the molecule is O=C(N[C@@H]1CCC[C@H](C(F)(F)F)C1)c1ccc[nH]c1=S. The van der Waals surface area contributed by atoms with E-state index < -0.39 is 24.0 Å². The molecule has 1 fully saturated rings. The first-order valence-electron chi connectivity index (χ1n) is 6.43. The summed E-state index contributed by atoms with van der Waals surface area (Å²) < 4.78 is 38.4. The van der Waals surface area contributed by atoms with Gasteiger partial charge in [0.2, 0.25) is 0 Å². The molecule has 1 aliphatic carbocycles. The molecule has 2 N–H and O–H groups in total. The highest BCUT2D eigenvalue weighted by molar-refractivity contribution is 7.71. The van der Waals surface area contributed by atoms with Crippen molar-refractivity contribution in [1.29, 1.82) is 0 Å². The summed E-state index contributed by atoms with van der Waals surface area (Å²) in [4.78, 5) is 14.7. The molecule has 2 rings (SSSR count). The number of hydrogen-bond acceptors (Lipinski definition) is 2. The molecule has 110 valence electrons. The number of carbonyl (C=O) groups excluding carboxylic acids is 1. The molecular formula is C13H15F3N2OS. The van der Waals surface area contributed by atoms with Crippen molar-refractivity contribution in [2.45, 2.75) is 37.9 Å². The highest BCUT2D eigenvalue weighted by atomic mass is 32.1. The van der Waals surface area contributed by atoms with Gasteiger partial charge in [-0.05, 0) is 31.4 Å². The molecule has 3 nitrogen and oxygen atoms in total. The van der Waals surface area contributed by atoms with Crippen molar-refractivity contribution in [2.75, 3.05) is 0 Å². The number of hydrogen-bond donors (Lipinski definition) is 2. The van der Waals surface area contributed by atoms with E-state index in [1.807, 2.05) is 0 Å². The third kappa shape index (κ3) is 3.59. The molecule has 0 bridgehead atoms. The lowest BCUT2D eigenvalue weighted by Gasteiger charge is -2.31. The standard InChI is InChI=1S/C13H15F3N2OS/c14-13(15,16)8-3-1-4-9(7-8)18-11(19)10-5-2-6-17-12(10)20/h2,5-6,8-9H,1,3-4,7H2,(H,17,20)(H,18,19)/t8-,9+/m0/s1. The van der Waals surface area contributed by atoms with Gasteiger partial charge >= 0.3 is 6.18 Å². The van der Waals surface area contributed by atoms with Crippen LogP contribution in [0.1, 0.15) is 36.0 Å². The highest BCUT2D eigenvalue weighted by Gasteiger charge is 2.42. The van der Waals surface area contributed by atoms with Crippen molar-refractivity contribution < 1.29 is 18.0 Å². The van der Waals surface area contributed by atoms with E-state index in [2.05, 4.69) is 10.3 Å². The normalized spacial score (nSPS) is 23.4. The summed E-state index contributed by atoms with van der Waals surface area (Å²) in [6.45, 7) is 0. The number of carbonyl (C=O) groups is 1. The first-order valence-corrected chi connectivity index (χ1v) is 6.84. The Morgan fingerprint density at radius 1 is 1.40 bits per heavy atom. The lowest BCUT2D eigenvalue weighted by atomic mass is 9.85. The summed E-state index contributed by atoms with van der Waals surface area (Å²) in [5.41, 5.74) is 0.289. The van der Waals surface area contributed by atoms with Crippen LogP contribution in [0.5, 0.6) is 0 Å². The lowest BCUT2D eigenvalue weighted by Crippen LogP contribution is -2.41. The van der Waals surface area contributed by atoms with Gasteiger partial charge in [0.15, 0.2) is 0 Å². The van der Waals surface area contributed by atoms with Gasteiger partial charge in [-0.15, -0.1) is 0 Å². The molecule has 1 saturated carbocycles.